The number of rotatable bonds is 9. The Bertz CT molecular complexity index is 1120. The third-order valence-corrected chi connectivity index (χ3v) is 7.27. The zero-order chi connectivity index (χ0) is 34.0. The second kappa shape index (κ2) is 19.9. The van der Waals surface area contributed by atoms with E-state index in [0.717, 1.165) is 75.9 Å². The second-order valence-electron chi connectivity index (χ2n) is 10.4. The van der Waals surface area contributed by atoms with Crippen molar-refractivity contribution >= 4 is 24.4 Å². The fourth-order valence-corrected chi connectivity index (χ4v) is 4.94. The number of carbonyl (C=O) groups is 2. The molecular formula is C31H45F6N5O3. The van der Waals surface area contributed by atoms with Gasteiger partial charge in [-0.05, 0) is 82.2 Å². The van der Waals surface area contributed by atoms with Gasteiger partial charge in [0.25, 0.3) is 0 Å². The van der Waals surface area contributed by atoms with E-state index in [0.29, 0.717) is 37.1 Å². The second-order valence-corrected chi connectivity index (χ2v) is 10.4. The van der Waals surface area contributed by atoms with E-state index in [1.165, 1.54) is 12.1 Å². The number of aliphatic carboxylic acids is 1. The molecule has 0 unspecified atom stereocenters. The molecule has 254 valence electrons. The lowest BCUT2D eigenvalue weighted by Crippen LogP contribution is -2.35. The number of nitrogens with zero attached hydrogens (tertiary/aromatic N) is 4. The van der Waals surface area contributed by atoms with Crippen molar-refractivity contribution in [2.75, 3.05) is 49.6 Å². The SMILES string of the molecule is C=O.CC.CNCCc1ccc(C(F)(F)F)cc1.O=C(O)CCCC1CCN(c2cc(N3CCCC3)nc(C(F)(F)F)n2)CC1. The number of likely N-dealkylation sites (N-methyl/N-ethyl adjacent to an activating group) is 1. The molecule has 0 saturated carbocycles. The fourth-order valence-electron chi connectivity index (χ4n) is 4.94. The quantitative estimate of drug-likeness (QED) is 0.284. The number of halogens is 6. The van der Waals surface area contributed by atoms with Crippen LogP contribution in [0.3, 0.4) is 0 Å². The van der Waals surface area contributed by atoms with Gasteiger partial charge in [0.05, 0.1) is 5.56 Å². The normalized spacial score (nSPS) is 15.2. The number of aromatic nitrogens is 2. The van der Waals surface area contributed by atoms with Gasteiger partial charge in [-0.15, -0.1) is 0 Å². The highest BCUT2D eigenvalue weighted by Crippen LogP contribution is 2.33. The summed E-state index contributed by atoms with van der Waals surface area (Å²) in [7, 11) is 1.81. The molecule has 45 heavy (non-hydrogen) atoms. The standard InChI is InChI=1S/C18H25F3N4O2.C10H12F3N.C2H6.CH2O/c19-18(20,21)17-22-14(24-8-1-2-9-24)12-15(23-17)25-10-6-13(7-11-25)4-3-5-16(26)27;1-14-7-6-8-2-4-9(5-3-8)10(11,12)13;2*1-2/h12-13H,1-11H2,(H,26,27);2-5,14H,6-7H2,1H3;1-2H3;1H2. The molecule has 0 radical (unpaired) electrons. The highest BCUT2D eigenvalue weighted by atomic mass is 19.4. The summed E-state index contributed by atoms with van der Waals surface area (Å²) >= 11 is 0. The van der Waals surface area contributed by atoms with Crippen LogP contribution in [-0.4, -0.2) is 67.6 Å². The summed E-state index contributed by atoms with van der Waals surface area (Å²) in [4.78, 5) is 30.0. The van der Waals surface area contributed by atoms with Crippen LogP contribution in [0.4, 0.5) is 38.0 Å². The molecule has 2 saturated heterocycles. The van der Waals surface area contributed by atoms with Gasteiger partial charge in [-0.1, -0.05) is 26.0 Å². The van der Waals surface area contributed by atoms with Crippen LogP contribution in [0.15, 0.2) is 30.3 Å². The van der Waals surface area contributed by atoms with Crippen molar-refractivity contribution in [1.82, 2.24) is 15.3 Å². The van der Waals surface area contributed by atoms with Crippen LogP contribution in [-0.2, 0) is 28.4 Å². The van der Waals surface area contributed by atoms with E-state index in [9.17, 15) is 31.1 Å². The Hall–Kier alpha value is -3.42. The monoisotopic (exact) mass is 649 g/mol. The van der Waals surface area contributed by atoms with E-state index in [1.807, 2.05) is 37.5 Å². The van der Waals surface area contributed by atoms with Crippen LogP contribution < -0.4 is 15.1 Å². The van der Waals surface area contributed by atoms with Gasteiger partial charge < -0.3 is 25.0 Å². The first-order valence-corrected chi connectivity index (χ1v) is 15.1. The van der Waals surface area contributed by atoms with E-state index in [1.54, 1.807) is 6.07 Å². The predicted octanol–water partition coefficient (Wildman–Crippen LogP) is 6.88. The fraction of sp³-hybridized carbons (Fsp3) is 0.613. The molecule has 8 nitrogen and oxygen atoms in total. The lowest BCUT2D eigenvalue weighted by Gasteiger charge is -2.33. The lowest BCUT2D eigenvalue weighted by atomic mass is 9.91. The van der Waals surface area contributed by atoms with E-state index in [4.69, 9.17) is 9.90 Å². The molecule has 1 aromatic carbocycles. The van der Waals surface area contributed by atoms with Crippen molar-refractivity contribution in [3.05, 3.63) is 47.3 Å². The Morgan fingerprint density at radius 1 is 0.911 bits per heavy atom. The Balaban J connectivity index is 0.000000475. The first-order chi connectivity index (χ1) is 21.4. The molecule has 2 aliphatic heterocycles. The molecule has 14 heteroatoms. The van der Waals surface area contributed by atoms with Crippen LogP contribution in [0.25, 0.3) is 0 Å². The molecular weight excluding hydrogens is 604 g/mol. The van der Waals surface area contributed by atoms with Crippen molar-refractivity contribution < 1.29 is 41.0 Å². The van der Waals surface area contributed by atoms with E-state index in [2.05, 4.69) is 15.3 Å². The van der Waals surface area contributed by atoms with Crippen LogP contribution in [0.5, 0.6) is 0 Å². The molecule has 0 bridgehead atoms. The number of carboxylic acids is 1. The minimum Gasteiger partial charge on any atom is -0.481 e. The number of hydrogen-bond donors (Lipinski definition) is 2. The van der Waals surface area contributed by atoms with Gasteiger partial charge in [0.1, 0.15) is 18.4 Å². The van der Waals surface area contributed by atoms with Crippen LogP contribution in [0.1, 0.15) is 75.7 Å². The van der Waals surface area contributed by atoms with Crippen molar-refractivity contribution in [3.63, 3.8) is 0 Å². The topological polar surface area (TPSA) is 98.7 Å². The molecule has 0 atom stereocenters. The minimum absolute atomic E-state index is 0.167. The molecule has 0 aliphatic carbocycles. The molecule has 0 amide bonds. The summed E-state index contributed by atoms with van der Waals surface area (Å²) < 4.78 is 76.3. The number of anilines is 2. The predicted molar refractivity (Wildman–Crippen MR) is 162 cm³/mol. The molecule has 2 N–H and O–H groups in total. The van der Waals surface area contributed by atoms with Crippen molar-refractivity contribution in [1.29, 1.82) is 0 Å². The van der Waals surface area contributed by atoms with Gasteiger partial charge >= 0.3 is 18.3 Å². The molecule has 2 fully saturated rings. The first kappa shape index (κ1) is 39.6. The minimum atomic E-state index is -4.57. The summed E-state index contributed by atoms with van der Waals surface area (Å²) in [6, 6.07) is 6.93. The molecule has 2 aliphatic rings. The Morgan fingerprint density at radius 2 is 1.42 bits per heavy atom. The number of hydrogen-bond acceptors (Lipinski definition) is 7. The largest absolute Gasteiger partial charge is 0.481 e. The molecule has 2 aromatic rings. The zero-order valence-corrected chi connectivity index (χ0v) is 26.2. The average Bonchev–Trinajstić information content (AvgIpc) is 3.57. The number of alkyl halides is 6. The average molecular weight is 650 g/mol. The number of nitrogens with one attached hydrogen (secondary N) is 1. The third kappa shape index (κ3) is 14.0. The summed E-state index contributed by atoms with van der Waals surface area (Å²) in [6.45, 7) is 9.47. The van der Waals surface area contributed by atoms with Crippen LogP contribution >= 0.6 is 0 Å². The van der Waals surface area contributed by atoms with E-state index >= 15 is 0 Å². The Kier molecular flexibility index (Phi) is 17.5. The van der Waals surface area contributed by atoms with Gasteiger partial charge in [0, 0.05) is 38.7 Å². The van der Waals surface area contributed by atoms with Gasteiger partial charge in [0.2, 0.25) is 5.82 Å². The van der Waals surface area contributed by atoms with Crippen LogP contribution in [0.2, 0.25) is 0 Å². The molecule has 1 aromatic heterocycles. The zero-order valence-electron chi connectivity index (χ0n) is 26.2. The number of carbonyl (C=O) groups excluding carboxylic acids is 1. The Labute approximate surface area is 261 Å². The maximum atomic E-state index is 13.3. The van der Waals surface area contributed by atoms with Crippen LogP contribution in [0, 0.1) is 5.92 Å². The smallest absolute Gasteiger partial charge is 0.451 e. The molecule has 0 spiro atoms. The van der Waals surface area contributed by atoms with E-state index in [-0.39, 0.29) is 6.42 Å². The number of carboxylic acid groups (broad SMARTS) is 1. The maximum Gasteiger partial charge on any atom is 0.451 e. The van der Waals surface area contributed by atoms with Crippen molar-refractivity contribution in [3.8, 4) is 0 Å². The summed E-state index contributed by atoms with van der Waals surface area (Å²) in [5, 5.41) is 11.7. The molecule has 4 rings (SSSR count). The van der Waals surface area contributed by atoms with Gasteiger partial charge in [0.15, 0.2) is 0 Å². The van der Waals surface area contributed by atoms with E-state index < -0.39 is 29.7 Å². The highest BCUT2D eigenvalue weighted by Gasteiger charge is 2.37. The summed E-state index contributed by atoms with van der Waals surface area (Å²) in [6.07, 6.45) is -2.81. The highest BCUT2D eigenvalue weighted by molar-refractivity contribution is 5.66. The van der Waals surface area contributed by atoms with Crippen molar-refractivity contribution in [2.24, 2.45) is 5.92 Å². The first-order valence-electron chi connectivity index (χ1n) is 15.1. The number of piperidine rings is 1. The van der Waals surface area contributed by atoms with Crippen molar-refractivity contribution in [2.45, 2.75) is 77.6 Å². The summed E-state index contributed by atoms with van der Waals surface area (Å²) in [5.74, 6) is -0.757. The third-order valence-electron chi connectivity index (χ3n) is 7.27. The Morgan fingerprint density at radius 3 is 1.87 bits per heavy atom. The maximum absolute atomic E-state index is 13.3. The molecule has 3 heterocycles. The summed E-state index contributed by atoms with van der Waals surface area (Å²) in [5.41, 5.74) is 0.318. The lowest BCUT2D eigenvalue weighted by molar-refractivity contribution is -0.145. The van der Waals surface area contributed by atoms with Gasteiger partial charge in [-0.25, -0.2) is 9.97 Å². The van der Waals surface area contributed by atoms with Gasteiger partial charge in [-0.2, -0.15) is 26.3 Å². The van der Waals surface area contributed by atoms with Gasteiger partial charge in [-0.3, -0.25) is 4.79 Å². The number of benzene rings is 1.